The van der Waals surface area contributed by atoms with Gasteiger partial charge in [0.15, 0.2) is 6.73 Å². The summed E-state index contributed by atoms with van der Waals surface area (Å²) < 4.78 is 7.44. The van der Waals surface area contributed by atoms with Gasteiger partial charge in [0.25, 0.3) is 0 Å². The molecular formula is C20H26N4O2. The molecule has 1 aromatic carbocycles. The van der Waals surface area contributed by atoms with Gasteiger partial charge in [-0.3, -0.25) is 9.36 Å². The molecule has 2 aliphatic rings. The molecule has 3 unspecified atom stereocenters. The van der Waals surface area contributed by atoms with Gasteiger partial charge in [-0.05, 0) is 45.4 Å². The number of benzene rings is 1. The molecule has 3 heterocycles. The number of aromatic nitrogens is 2. The average molecular weight is 354 g/mol. The molecule has 0 amide bonds. The van der Waals surface area contributed by atoms with Crippen molar-refractivity contribution in [2.45, 2.75) is 46.0 Å². The Kier molecular flexibility index (Phi) is 4.23. The van der Waals surface area contributed by atoms with Crippen LogP contribution >= 0.6 is 0 Å². The van der Waals surface area contributed by atoms with Gasteiger partial charge in [-0.15, -0.1) is 0 Å². The number of imidazole rings is 1. The van der Waals surface area contributed by atoms with Gasteiger partial charge < -0.3 is 15.4 Å². The van der Waals surface area contributed by atoms with Crippen LogP contribution in [0.5, 0.6) is 0 Å². The van der Waals surface area contributed by atoms with E-state index in [2.05, 4.69) is 39.9 Å². The standard InChI is InChI=1S/C20H26N4O2/c1-20(2,3)19(25)26-12-24-11-10-22-18(24)17-14-8-9-21-16(14)13-6-4-5-7-15(13)23-17/h4-7,10-11,14,16-17,21,23H,8-9,12H2,1-3H3. The summed E-state index contributed by atoms with van der Waals surface area (Å²) in [6, 6.07) is 8.87. The molecule has 0 spiro atoms. The fourth-order valence-electron chi connectivity index (χ4n) is 3.91. The first-order valence-electron chi connectivity index (χ1n) is 9.22. The van der Waals surface area contributed by atoms with Crippen LogP contribution in [0.1, 0.15) is 50.7 Å². The normalized spacial score (nSPS) is 24.5. The predicted octanol–water partition coefficient (Wildman–Crippen LogP) is 3.25. The number of esters is 1. The molecule has 1 aromatic heterocycles. The molecule has 0 bridgehead atoms. The van der Waals surface area contributed by atoms with Gasteiger partial charge in [0, 0.05) is 30.0 Å². The first kappa shape index (κ1) is 17.1. The molecule has 6 heteroatoms. The van der Waals surface area contributed by atoms with Crippen LogP contribution in [0.2, 0.25) is 0 Å². The Morgan fingerprint density at radius 1 is 1.31 bits per heavy atom. The number of carbonyl (C=O) groups is 1. The molecule has 6 nitrogen and oxygen atoms in total. The summed E-state index contributed by atoms with van der Waals surface area (Å²) in [4.78, 5) is 16.7. The van der Waals surface area contributed by atoms with Crippen molar-refractivity contribution in [2.75, 3.05) is 11.9 Å². The van der Waals surface area contributed by atoms with Crippen LogP contribution in [0.4, 0.5) is 5.69 Å². The lowest BCUT2D eigenvalue weighted by molar-refractivity contribution is -0.157. The van der Waals surface area contributed by atoms with Crippen molar-refractivity contribution < 1.29 is 9.53 Å². The number of para-hydroxylation sites is 1. The van der Waals surface area contributed by atoms with Gasteiger partial charge in [-0.25, -0.2) is 4.98 Å². The highest BCUT2D eigenvalue weighted by molar-refractivity contribution is 5.75. The van der Waals surface area contributed by atoms with Gasteiger partial charge in [-0.2, -0.15) is 0 Å². The zero-order valence-electron chi connectivity index (χ0n) is 15.5. The van der Waals surface area contributed by atoms with Crippen LogP contribution in [-0.2, 0) is 16.3 Å². The van der Waals surface area contributed by atoms with Crippen molar-refractivity contribution >= 4 is 11.7 Å². The van der Waals surface area contributed by atoms with Gasteiger partial charge in [-0.1, -0.05) is 18.2 Å². The van der Waals surface area contributed by atoms with Gasteiger partial charge in [0.1, 0.15) is 5.82 Å². The number of fused-ring (bicyclic) bond motifs is 3. The van der Waals surface area contributed by atoms with E-state index in [0.717, 1.165) is 24.5 Å². The third-order valence-electron chi connectivity index (χ3n) is 5.28. The Balaban J connectivity index is 1.59. The molecule has 2 aliphatic heterocycles. The van der Waals surface area contributed by atoms with Crippen molar-refractivity contribution in [3.05, 3.63) is 48.0 Å². The number of rotatable bonds is 3. The molecule has 2 N–H and O–H groups in total. The maximum atomic E-state index is 12.1. The van der Waals surface area contributed by atoms with E-state index in [9.17, 15) is 4.79 Å². The van der Waals surface area contributed by atoms with Gasteiger partial charge in [0.05, 0.1) is 11.5 Å². The number of ether oxygens (including phenoxy) is 1. The Morgan fingerprint density at radius 3 is 2.92 bits per heavy atom. The summed E-state index contributed by atoms with van der Waals surface area (Å²) in [5.41, 5.74) is 1.96. The summed E-state index contributed by atoms with van der Waals surface area (Å²) >= 11 is 0. The Morgan fingerprint density at radius 2 is 2.12 bits per heavy atom. The van der Waals surface area contributed by atoms with Crippen LogP contribution in [0.15, 0.2) is 36.7 Å². The molecule has 4 rings (SSSR count). The van der Waals surface area contributed by atoms with E-state index in [1.165, 1.54) is 5.56 Å². The molecule has 2 aromatic rings. The van der Waals surface area contributed by atoms with Crippen LogP contribution in [0, 0.1) is 11.3 Å². The Labute approximate surface area is 154 Å². The van der Waals surface area contributed by atoms with E-state index in [0.29, 0.717) is 12.0 Å². The van der Waals surface area contributed by atoms with E-state index in [1.54, 1.807) is 6.20 Å². The van der Waals surface area contributed by atoms with Crippen LogP contribution in [0.25, 0.3) is 0 Å². The number of hydrogen-bond acceptors (Lipinski definition) is 5. The largest absolute Gasteiger partial charge is 0.443 e. The third-order valence-corrected chi connectivity index (χ3v) is 5.28. The van der Waals surface area contributed by atoms with Crippen molar-refractivity contribution in [2.24, 2.45) is 11.3 Å². The number of anilines is 1. The Bertz CT molecular complexity index is 808. The summed E-state index contributed by atoms with van der Waals surface area (Å²) in [6.07, 6.45) is 4.75. The zero-order chi connectivity index (χ0) is 18.3. The van der Waals surface area contributed by atoms with Crippen molar-refractivity contribution in [3.63, 3.8) is 0 Å². The smallest absolute Gasteiger partial charge is 0.312 e. The van der Waals surface area contributed by atoms with Crippen LogP contribution in [0.3, 0.4) is 0 Å². The highest BCUT2D eigenvalue weighted by atomic mass is 16.5. The molecule has 0 radical (unpaired) electrons. The SMILES string of the molecule is CC(C)(C)C(=O)OCn1ccnc1C1Nc2ccccc2C2NCCC21. The van der Waals surface area contributed by atoms with Crippen LogP contribution < -0.4 is 10.6 Å². The molecular weight excluding hydrogens is 328 g/mol. The number of nitrogens with zero attached hydrogens (tertiary/aromatic N) is 2. The molecule has 0 saturated carbocycles. The van der Waals surface area contributed by atoms with Gasteiger partial charge in [0.2, 0.25) is 0 Å². The minimum atomic E-state index is -0.511. The quantitative estimate of drug-likeness (QED) is 0.828. The fourth-order valence-corrected chi connectivity index (χ4v) is 3.91. The van der Waals surface area contributed by atoms with Crippen molar-refractivity contribution in [3.8, 4) is 0 Å². The lowest BCUT2D eigenvalue weighted by atomic mass is 9.83. The maximum Gasteiger partial charge on any atom is 0.312 e. The zero-order valence-corrected chi connectivity index (χ0v) is 15.5. The second-order valence-electron chi connectivity index (χ2n) is 8.16. The van der Waals surface area contributed by atoms with E-state index >= 15 is 0 Å². The highest BCUT2D eigenvalue weighted by Crippen LogP contribution is 2.46. The summed E-state index contributed by atoms with van der Waals surface area (Å²) in [5.74, 6) is 1.13. The van der Waals surface area contributed by atoms with E-state index in [4.69, 9.17) is 4.74 Å². The maximum absolute atomic E-state index is 12.1. The number of carbonyl (C=O) groups excluding carboxylic acids is 1. The predicted molar refractivity (Wildman–Crippen MR) is 99.4 cm³/mol. The summed E-state index contributed by atoms with van der Waals surface area (Å²) in [5, 5.41) is 7.30. The average Bonchev–Trinajstić information content (AvgIpc) is 3.27. The number of hydrogen-bond donors (Lipinski definition) is 2. The Hall–Kier alpha value is -2.34. The third kappa shape index (κ3) is 2.98. The highest BCUT2D eigenvalue weighted by Gasteiger charge is 2.41. The second kappa shape index (κ2) is 6.43. The monoisotopic (exact) mass is 354 g/mol. The first-order chi connectivity index (χ1) is 12.4. The van der Waals surface area contributed by atoms with Crippen molar-refractivity contribution in [1.29, 1.82) is 0 Å². The molecule has 0 aliphatic carbocycles. The minimum Gasteiger partial charge on any atom is -0.443 e. The summed E-state index contributed by atoms with van der Waals surface area (Å²) in [6.45, 7) is 6.77. The van der Waals surface area contributed by atoms with Gasteiger partial charge >= 0.3 is 5.97 Å². The van der Waals surface area contributed by atoms with E-state index < -0.39 is 5.41 Å². The minimum absolute atomic E-state index is 0.0910. The van der Waals surface area contributed by atoms with Crippen molar-refractivity contribution in [1.82, 2.24) is 14.9 Å². The molecule has 138 valence electrons. The van der Waals surface area contributed by atoms with Crippen LogP contribution in [-0.4, -0.2) is 22.1 Å². The lowest BCUT2D eigenvalue weighted by Crippen LogP contribution is -2.34. The fraction of sp³-hybridized carbons (Fsp3) is 0.500. The first-order valence-corrected chi connectivity index (χ1v) is 9.22. The van der Waals surface area contributed by atoms with E-state index in [-0.39, 0.29) is 18.7 Å². The van der Waals surface area contributed by atoms with E-state index in [1.807, 2.05) is 31.5 Å². The molecule has 1 fully saturated rings. The molecule has 26 heavy (non-hydrogen) atoms. The molecule has 3 atom stereocenters. The summed E-state index contributed by atoms with van der Waals surface area (Å²) in [7, 11) is 0. The lowest BCUT2D eigenvalue weighted by Gasteiger charge is -2.36. The topological polar surface area (TPSA) is 68.2 Å². The second-order valence-corrected chi connectivity index (χ2v) is 8.16. The molecule has 1 saturated heterocycles. The number of nitrogens with one attached hydrogen (secondary N) is 2.